The van der Waals surface area contributed by atoms with Gasteiger partial charge < -0.3 is 20.5 Å². The molecule has 0 spiro atoms. The van der Waals surface area contributed by atoms with Gasteiger partial charge in [-0.05, 0) is 23.6 Å². The zero-order valence-corrected chi connectivity index (χ0v) is 13.4. The first-order valence-corrected chi connectivity index (χ1v) is 7.11. The summed E-state index contributed by atoms with van der Waals surface area (Å²) in [4.78, 5) is 4.16. The molecule has 5 nitrogen and oxygen atoms in total. The van der Waals surface area contributed by atoms with Crippen LogP contribution in [0.5, 0.6) is 11.5 Å². The zero-order chi connectivity index (χ0) is 17.5. The summed E-state index contributed by atoms with van der Waals surface area (Å²) in [6.45, 7) is 3.72. The fourth-order valence-corrected chi connectivity index (χ4v) is 1.63. The summed E-state index contributed by atoms with van der Waals surface area (Å²) >= 11 is 0. The molecule has 0 aliphatic carbocycles. The Kier molecular flexibility index (Phi) is 6.99. The van der Waals surface area contributed by atoms with Gasteiger partial charge in [0.05, 0.1) is 13.7 Å². The van der Waals surface area contributed by atoms with Crippen LogP contribution in [0, 0.1) is 5.92 Å². The van der Waals surface area contributed by atoms with E-state index in [1.54, 1.807) is 12.1 Å². The average molecular weight is 333 g/mol. The number of rotatable bonds is 7. The Balaban J connectivity index is 2.69. The van der Waals surface area contributed by atoms with Crippen molar-refractivity contribution in [1.29, 1.82) is 0 Å². The second-order valence-corrected chi connectivity index (χ2v) is 5.37. The summed E-state index contributed by atoms with van der Waals surface area (Å²) in [5.74, 6) is 1.00. The molecule has 0 aliphatic rings. The minimum absolute atomic E-state index is 0.0310. The Bertz CT molecular complexity index is 531. The molecule has 0 atom stereocenters. The number of halogens is 3. The van der Waals surface area contributed by atoms with Gasteiger partial charge in [0.15, 0.2) is 24.1 Å². The van der Waals surface area contributed by atoms with Crippen LogP contribution in [-0.2, 0) is 6.54 Å². The number of guanidine groups is 1. The topological polar surface area (TPSA) is 68.9 Å². The maximum absolute atomic E-state index is 12.2. The van der Waals surface area contributed by atoms with Gasteiger partial charge in [0, 0.05) is 6.54 Å². The molecule has 3 N–H and O–H groups in total. The molecule has 130 valence electrons. The number of aliphatic imine (C=N–C) groups is 1. The maximum Gasteiger partial charge on any atom is 0.422 e. The van der Waals surface area contributed by atoms with E-state index in [1.165, 1.54) is 13.2 Å². The van der Waals surface area contributed by atoms with E-state index in [2.05, 4.69) is 10.3 Å². The van der Waals surface area contributed by atoms with Crippen molar-refractivity contribution in [3.63, 3.8) is 0 Å². The molecule has 0 aliphatic heterocycles. The third-order valence-electron chi connectivity index (χ3n) is 2.74. The van der Waals surface area contributed by atoms with Gasteiger partial charge in [-0.25, -0.2) is 4.99 Å². The number of methoxy groups -OCH3 is 1. The Morgan fingerprint density at radius 2 is 2.00 bits per heavy atom. The van der Waals surface area contributed by atoms with E-state index in [9.17, 15) is 13.2 Å². The number of alkyl halides is 3. The van der Waals surface area contributed by atoms with E-state index in [0.717, 1.165) is 5.56 Å². The minimum Gasteiger partial charge on any atom is -0.493 e. The molecule has 0 unspecified atom stereocenters. The second-order valence-electron chi connectivity index (χ2n) is 5.37. The Morgan fingerprint density at radius 3 is 2.57 bits per heavy atom. The summed E-state index contributed by atoms with van der Waals surface area (Å²) in [7, 11) is 1.36. The Labute approximate surface area is 133 Å². The number of hydrogen-bond acceptors (Lipinski definition) is 3. The third kappa shape index (κ3) is 7.62. The molecule has 0 radical (unpaired) electrons. The first-order valence-electron chi connectivity index (χ1n) is 7.11. The van der Waals surface area contributed by atoms with Gasteiger partial charge in [0.1, 0.15) is 0 Å². The lowest BCUT2D eigenvalue weighted by Gasteiger charge is -2.13. The van der Waals surface area contributed by atoms with E-state index < -0.39 is 12.8 Å². The van der Waals surface area contributed by atoms with Gasteiger partial charge in [0.25, 0.3) is 0 Å². The monoisotopic (exact) mass is 333 g/mol. The van der Waals surface area contributed by atoms with Crippen LogP contribution in [0.25, 0.3) is 0 Å². The van der Waals surface area contributed by atoms with Crippen molar-refractivity contribution >= 4 is 5.96 Å². The van der Waals surface area contributed by atoms with Gasteiger partial charge >= 0.3 is 6.18 Å². The van der Waals surface area contributed by atoms with Crippen molar-refractivity contribution in [1.82, 2.24) is 5.32 Å². The highest BCUT2D eigenvalue weighted by Crippen LogP contribution is 2.30. The highest BCUT2D eigenvalue weighted by molar-refractivity contribution is 5.77. The number of nitrogens with two attached hydrogens (primary N) is 1. The van der Waals surface area contributed by atoms with E-state index in [0.29, 0.717) is 18.4 Å². The highest BCUT2D eigenvalue weighted by Gasteiger charge is 2.29. The number of nitrogens with zero attached hydrogens (tertiary/aromatic N) is 1. The number of nitrogens with one attached hydrogen (secondary N) is 1. The molecule has 0 saturated heterocycles. The molecule has 8 heteroatoms. The van der Waals surface area contributed by atoms with Crippen molar-refractivity contribution < 1.29 is 22.6 Å². The maximum atomic E-state index is 12.2. The highest BCUT2D eigenvalue weighted by atomic mass is 19.4. The summed E-state index contributed by atoms with van der Waals surface area (Å²) in [5.41, 5.74) is 6.47. The molecule has 1 rings (SSSR count). The molecular weight excluding hydrogens is 311 g/mol. The molecule has 1 aromatic rings. The molecule has 0 bridgehead atoms. The standard InChI is InChI=1S/C15H22F3N3O2/c1-10(2)7-20-14(19)21-8-11-4-5-12(13(6-11)22-3)23-9-15(16,17)18/h4-6,10H,7-9H2,1-3H3,(H3,19,20,21). The van der Waals surface area contributed by atoms with Crippen LogP contribution >= 0.6 is 0 Å². The lowest BCUT2D eigenvalue weighted by Crippen LogP contribution is -2.34. The van der Waals surface area contributed by atoms with E-state index in [-0.39, 0.29) is 18.0 Å². The second kappa shape index (κ2) is 8.50. The normalized spacial score (nSPS) is 12.4. The lowest BCUT2D eigenvalue weighted by atomic mass is 10.2. The summed E-state index contributed by atoms with van der Waals surface area (Å²) < 4.78 is 46.3. The van der Waals surface area contributed by atoms with Gasteiger partial charge in [0.2, 0.25) is 0 Å². The fourth-order valence-electron chi connectivity index (χ4n) is 1.63. The van der Waals surface area contributed by atoms with E-state index in [4.69, 9.17) is 15.2 Å². The van der Waals surface area contributed by atoms with Crippen LogP contribution < -0.4 is 20.5 Å². The summed E-state index contributed by atoms with van der Waals surface area (Å²) in [6, 6.07) is 4.62. The minimum atomic E-state index is -4.40. The van der Waals surface area contributed by atoms with E-state index in [1.807, 2.05) is 13.8 Å². The first-order chi connectivity index (χ1) is 10.7. The summed E-state index contributed by atoms with van der Waals surface area (Å²) in [6.07, 6.45) is -4.40. The Hall–Kier alpha value is -2.12. The molecule has 1 aromatic carbocycles. The van der Waals surface area contributed by atoms with Gasteiger partial charge in [-0.2, -0.15) is 13.2 Å². The molecular formula is C15H22F3N3O2. The van der Waals surface area contributed by atoms with Crippen molar-refractivity contribution in [2.75, 3.05) is 20.3 Å². The third-order valence-corrected chi connectivity index (χ3v) is 2.74. The Morgan fingerprint density at radius 1 is 1.30 bits per heavy atom. The molecule has 0 aromatic heterocycles. The van der Waals surface area contributed by atoms with Crippen molar-refractivity contribution in [3.05, 3.63) is 23.8 Å². The summed E-state index contributed by atoms with van der Waals surface area (Å²) in [5, 5.41) is 2.98. The van der Waals surface area contributed by atoms with Gasteiger partial charge in [-0.15, -0.1) is 0 Å². The molecule has 23 heavy (non-hydrogen) atoms. The predicted octanol–water partition coefficient (Wildman–Crippen LogP) is 2.70. The smallest absolute Gasteiger partial charge is 0.422 e. The number of hydrogen-bond donors (Lipinski definition) is 2. The number of benzene rings is 1. The van der Waals surface area contributed by atoms with E-state index >= 15 is 0 Å². The average Bonchev–Trinajstić information content (AvgIpc) is 2.48. The SMILES string of the molecule is COc1cc(CN=C(N)NCC(C)C)ccc1OCC(F)(F)F. The van der Waals surface area contributed by atoms with Gasteiger partial charge in [-0.1, -0.05) is 19.9 Å². The van der Waals surface area contributed by atoms with Crippen molar-refractivity contribution in [2.24, 2.45) is 16.6 Å². The van der Waals surface area contributed by atoms with Crippen LogP contribution in [-0.4, -0.2) is 32.4 Å². The van der Waals surface area contributed by atoms with Crippen molar-refractivity contribution in [2.45, 2.75) is 26.6 Å². The quantitative estimate of drug-likeness (QED) is 0.595. The number of ether oxygens (including phenoxy) is 2. The molecule has 0 fully saturated rings. The van der Waals surface area contributed by atoms with Crippen LogP contribution in [0.15, 0.2) is 23.2 Å². The van der Waals surface area contributed by atoms with Crippen LogP contribution in [0.4, 0.5) is 13.2 Å². The van der Waals surface area contributed by atoms with Crippen LogP contribution in [0.3, 0.4) is 0 Å². The predicted molar refractivity (Wildman–Crippen MR) is 82.7 cm³/mol. The van der Waals surface area contributed by atoms with Crippen LogP contribution in [0.2, 0.25) is 0 Å². The lowest BCUT2D eigenvalue weighted by molar-refractivity contribution is -0.153. The van der Waals surface area contributed by atoms with Crippen molar-refractivity contribution in [3.8, 4) is 11.5 Å². The zero-order valence-electron chi connectivity index (χ0n) is 13.4. The van der Waals surface area contributed by atoms with Gasteiger partial charge in [-0.3, -0.25) is 0 Å². The fraction of sp³-hybridized carbons (Fsp3) is 0.533. The largest absolute Gasteiger partial charge is 0.493 e. The molecule has 0 heterocycles. The molecule has 0 amide bonds. The molecule has 0 saturated carbocycles. The first kappa shape index (κ1) is 18.9. The van der Waals surface area contributed by atoms with Crippen LogP contribution in [0.1, 0.15) is 19.4 Å².